The Kier molecular flexibility index (Phi) is 5.35. The molecule has 26 heavy (non-hydrogen) atoms. The number of nitrogens with one attached hydrogen (secondary N) is 1. The number of pyridine rings is 1. The molecule has 3 heterocycles. The number of carbonyl (C=O) groups excluding carboxylic acids is 1. The van der Waals surface area contributed by atoms with E-state index in [2.05, 4.69) is 15.4 Å². The van der Waals surface area contributed by atoms with Crippen molar-refractivity contribution in [2.75, 3.05) is 27.2 Å². The fourth-order valence-corrected chi connectivity index (χ4v) is 4.04. The lowest BCUT2D eigenvalue weighted by Gasteiger charge is -2.34. The molecule has 1 atom stereocenters. The highest BCUT2D eigenvalue weighted by atomic mass is 32.2. The van der Waals surface area contributed by atoms with Crippen molar-refractivity contribution in [1.82, 2.24) is 28.7 Å². The lowest BCUT2D eigenvalue weighted by molar-refractivity contribution is 0.0949. The molecular formula is C16H22N6O3S. The minimum absolute atomic E-state index is 0.141. The predicted octanol–water partition coefficient (Wildman–Crippen LogP) is 0.261. The van der Waals surface area contributed by atoms with E-state index in [9.17, 15) is 13.2 Å². The normalized spacial score (nSPS) is 17.9. The minimum atomic E-state index is -3.51. The van der Waals surface area contributed by atoms with Gasteiger partial charge in [-0.25, -0.2) is 0 Å². The van der Waals surface area contributed by atoms with Gasteiger partial charge in [0.15, 0.2) is 0 Å². The van der Waals surface area contributed by atoms with Crippen molar-refractivity contribution in [2.45, 2.75) is 19.0 Å². The molecule has 0 fully saturated rings. The summed E-state index contributed by atoms with van der Waals surface area (Å²) in [6.45, 7) is 1.02. The minimum Gasteiger partial charge on any atom is -0.352 e. The zero-order valence-electron chi connectivity index (χ0n) is 14.7. The quantitative estimate of drug-likeness (QED) is 0.777. The molecule has 0 saturated heterocycles. The van der Waals surface area contributed by atoms with Crippen molar-refractivity contribution >= 4 is 16.1 Å². The van der Waals surface area contributed by atoms with Crippen molar-refractivity contribution in [3.8, 4) is 0 Å². The van der Waals surface area contributed by atoms with Gasteiger partial charge in [-0.2, -0.15) is 22.1 Å². The highest BCUT2D eigenvalue weighted by molar-refractivity contribution is 7.86. The van der Waals surface area contributed by atoms with E-state index < -0.39 is 10.2 Å². The summed E-state index contributed by atoms with van der Waals surface area (Å²) < 4.78 is 29.4. The molecular weight excluding hydrogens is 356 g/mol. The standard InChI is InChI=1S/C16H22N6O3S/c1-20(2)26(24,25)21-11-14(22-15(12-21)6-9-19-22)5-8-18-16(23)13-4-3-7-17-10-13/h3-4,6-7,9-10,14H,5,8,11-12H2,1-2H3,(H,18,23). The monoisotopic (exact) mass is 378 g/mol. The van der Waals surface area contributed by atoms with Crippen LogP contribution in [-0.2, 0) is 16.8 Å². The summed E-state index contributed by atoms with van der Waals surface area (Å²) in [5, 5.41) is 7.16. The molecule has 0 radical (unpaired) electrons. The molecule has 0 saturated carbocycles. The van der Waals surface area contributed by atoms with Crippen LogP contribution in [0.4, 0.5) is 0 Å². The van der Waals surface area contributed by atoms with Gasteiger partial charge in [0.2, 0.25) is 0 Å². The fourth-order valence-electron chi connectivity index (χ4n) is 2.93. The molecule has 0 bridgehead atoms. The molecule has 0 aliphatic carbocycles. The molecule has 1 N–H and O–H groups in total. The SMILES string of the molecule is CN(C)S(=O)(=O)N1Cc2ccnn2C(CCNC(=O)c2cccnc2)C1. The number of amides is 1. The van der Waals surface area contributed by atoms with E-state index in [0.29, 0.717) is 31.6 Å². The van der Waals surface area contributed by atoms with Gasteiger partial charge in [0.1, 0.15) is 0 Å². The molecule has 9 nitrogen and oxygen atoms in total. The summed E-state index contributed by atoms with van der Waals surface area (Å²) in [5.41, 5.74) is 1.33. The first-order chi connectivity index (χ1) is 12.4. The van der Waals surface area contributed by atoms with Gasteiger partial charge in [0, 0.05) is 45.8 Å². The van der Waals surface area contributed by atoms with E-state index in [4.69, 9.17) is 0 Å². The highest BCUT2D eigenvalue weighted by Crippen LogP contribution is 2.25. The van der Waals surface area contributed by atoms with Crippen molar-refractivity contribution in [3.05, 3.63) is 48.0 Å². The molecule has 1 amide bonds. The largest absolute Gasteiger partial charge is 0.352 e. The van der Waals surface area contributed by atoms with Crippen LogP contribution in [0.2, 0.25) is 0 Å². The van der Waals surface area contributed by atoms with Gasteiger partial charge in [-0.15, -0.1) is 0 Å². The lowest BCUT2D eigenvalue weighted by Crippen LogP contribution is -2.46. The second kappa shape index (κ2) is 7.52. The maximum Gasteiger partial charge on any atom is 0.281 e. The number of carbonyl (C=O) groups is 1. The summed E-state index contributed by atoms with van der Waals surface area (Å²) in [4.78, 5) is 16.0. The maximum atomic E-state index is 12.5. The Bertz CT molecular complexity index is 865. The third-order valence-corrected chi connectivity index (χ3v) is 6.18. The Balaban J connectivity index is 1.66. The summed E-state index contributed by atoms with van der Waals surface area (Å²) in [6, 6.07) is 5.08. The van der Waals surface area contributed by atoms with E-state index in [1.54, 1.807) is 24.5 Å². The Morgan fingerprint density at radius 3 is 2.85 bits per heavy atom. The predicted molar refractivity (Wildman–Crippen MR) is 95.5 cm³/mol. The Morgan fingerprint density at radius 2 is 2.15 bits per heavy atom. The topological polar surface area (TPSA) is 100 Å². The molecule has 1 unspecified atom stereocenters. The van der Waals surface area contributed by atoms with Crippen LogP contribution in [0, 0.1) is 0 Å². The van der Waals surface area contributed by atoms with E-state index in [1.807, 2.05) is 10.7 Å². The molecule has 10 heteroatoms. The van der Waals surface area contributed by atoms with Crippen LogP contribution in [0.3, 0.4) is 0 Å². The van der Waals surface area contributed by atoms with Crippen LogP contribution < -0.4 is 5.32 Å². The smallest absolute Gasteiger partial charge is 0.281 e. The van der Waals surface area contributed by atoms with Crippen molar-refractivity contribution in [3.63, 3.8) is 0 Å². The van der Waals surface area contributed by atoms with Gasteiger partial charge in [0.25, 0.3) is 16.1 Å². The van der Waals surface area contributed by atoms with Crippen molar-refractivity contribution in [2.24, 2.45) is 0 Å². The first kappa shape index (κ1) is 18.5. The number of aromatic nitrogens is 3. The van der Waals surface area contributed by atoms with E-state index >= 15 is 0 Å². The number of nitrogens with zero attached hydrogens (tertiary/aromatic N) is 5. The van der Waals surface area contributed by atoms with Crippen molar-refractivity contribution in [1.29, 1.82) is 0 Å². The number of hydrogen-bond acceptors (Lipinski definition) is 5. The van der Waals surface area contributed by atoms with E-state index in [-0.39, 0.29) is 11.9 Å². The molecule has 0 spiro atoms. The number of hydrogen-bond donors (Lipinski definition) is 1. The van der Waals surface area contributed by atoms with Crippen LogP contribution in [0.25, 0.3) is 0 Å². The number of rotatable bonds is 6. The average molecular weight is 378 g/mol. The van der Waals surface area contributed by atoms with Crippen LogP contribution in [0.1, 0.15) is 28.5 Å². The number of fused-ring (bicyclic) bond motifs is 1. The summed E-state index contributed by atoms with van der Waals surface area (Å²) in [6.07, 6.45) is 5.35. The van der Waals surface area contributed by atoms with Gasteiger partial charge in [-0.1, -0.05) is 0 Å². The van der Waals surface area contributed by atoms with Gasteiger partial charge in [-0.05, 0) is 24.6 Å². The van der Waals surface area contributed by atoms with Crippen LogP contribution in [-0.4, -0.2) is 64.9 Å². The van der Waals surface area contributed by atoms with Gasteiger partial charge >= 0.3 is 0 Å². The first-order valence-electron chi connectivity index (χ1n) is 8.28. The van der Waals surface area contributed by atoms with Crippen LogP contribution in [0.5, 0.6) is 0 Å². The fraction of sp³-hybridized carbons (Fsp3) is 0.438. The molecule has 0 aromatic carbocycles. The molecule has 1 aliphatic rings. The molecule has 140 valence electrons. The van der Waals surface area contributed by atoms with E-state index in [1.165, 1.54) is 28.9 Å². The molecule has 2 aromatic rings. The second-order valence-corrected chi connectivity index (χ2v) is 8.43. The van der Waals surface area contributed by atoms with Gasteiger partial charge < -0.3 is 5.32 Å². The summed E-state index contributed by atoms with van der Waals surface area (Å²) in [7, 11) is -0.471. The Hall–Kier alpha value is -2.30. The molecule has 2 aromatic heterocycles. The Morgan fingerprint density at radius 1 is 1.35 bits per heavy atom. The van der Waals surface area contributed by atoms with Crippen LogP contribution in [0.15, 0.2) is 36.8 Å². The van der Waals surface area contributed by atoms with Crippen molar-refractivity contribution < 1.29 is 13.2 Å². The zero-order valence-corrected chi connectivity index (χ0v) is 15.6. The van der Waals surface area contributed by atoms with Gasteiger partial charge in [0.05, 0.1) is 23.8 Å². The zero-order chi connectivity index (χ0) is 18.7. The second-order valence-electron chi connectivity index (χ2n) is 6.29. The average Bonchev–Trinajstić information content (AvgIpc) is 3.11. The van der Waals surface area contributed by atoms with Gasteiger partial charge in [-0.3, -0.25) is 14.5 Å². The lowest BCUT2D eigenvalue weighted by atomic mass is 10.1. The van der Waals surface area contributed by atoms with Crippen LogP contribution >= 0.6 is 0 Å². The Labute approximate surface area is 152 Å². The maximum absolute atomic E-state index is 12.5. The van der Waals surface area contributed by atoms with E-state index in [0.717, 1.165) is 5.69 Å². The molecule has 1 aliphatic heterocycles. The molecule has 3 rings (SSSR count). The third-order valence-electron chi connectivity index (χ3n) is 4.33. The summed E-state index contributed by atoms with van der Waals surface area (Å²) in [5.74, 6) is -0.202. The summed E-state index contributed by atoms with van der Waals surface area (Å²) >= 11 is 0. The third kappa shape index (κ3) is 3.76. The highest BCUT2D eigenvalue weighted by Gasteiger charge is 2.33. The first-order valence-corrected chi connectivity index (χ1v) is 9.67.